The first-order valence-corrected chi connectivity index (χ1v) is 11.7. The summed E-state index contributed by atoms with van der Waals surface area (Å²) in [5, 5.41) is 9.38. The van der Waals surface area contributed by atoms with E-state index in [1.165, 1.54) is 64.2 Å². The number of hydrogen-bond donors (Lipinski definition) is 1. The smallest absolute Gasteiger partial charge is 0.307 e. The lowest BCUT2D eigenvalue weighted by atomic mass is 9.96. The average Bonchev–Trinajstić information content (AvgIpc) is 2.68. The summed E-state index contributed by atoms with van der Waals surface area (Å²) in [7, 11) is 0. The fraction of sp³-hybridized carbons (Fsp3) is 0.833. The van der Waals surface area contributed by atoms with Gasteiger partial charge in [0.15, 0.2) is 0 Å². The van der Waals surface area contributed by atoms with Gasteiger partial charge in [-0.2, -0.15) is 0 Å². The lowest BCUT2D eigenvalue weighted by molar-refractivity contribution is -0.146. The third-order valence-electron chi connectivity index (χ3n) is 5.45. The molecule has 0 bridgehead atoms. The maximum Gasteiger partial charge on any atom is 0.307 e. The summed E-state index contributed by atoms with van der Waals surface area (Å²) in [6, 6.07) is 0. The van der Waals surface area contributed by atoms with Gasteiger partial charge in [0.2, 0.25) is 5.91 Å². The Morgan fingerprint density at radius 3 is 1.79 bits per heavy atom. The van der Waals surface area contributed by atoms with Crippen LogP contribution in [0, 0.1) is 5.92 Å². The van der Waals surface area contributed by atoms with Gasteiger partial charge in [-0.05, 0) is 46.0 Å². The van der Waals surface area contributed by atoms with Crippen LogP contribution in [0.25, 0.3) is 0 Å². The Morgan fingerprint density at radius 2 is 1.29 bits per heavy atom. The number of unbranched alkanes of at least 4 members (excludes halogenated alkanes) is 10. The van der Waals surface area contributed by atoms with E-state index in [9.17, 15) is 14.7 Å². The molecule has 0 aromatic rings. The molecule has 0 fully saturated rings. The van der Waals surface area contributed by atoms with Crippen LogP contribution in [0.4, 0.5) is 0 Å². The lowest BCUT2D eigenvalue weighted by Gasteiger charge is -2.21. The normalized spacial score (nSPS) is 12.4. The highest BCUT2D eigenvalue weighted by molar-refractivity contribution is 5.82. The van der Waals surface area contributed by atoms with Gasteiger partial charge in [-0.25, -0.2) is 0 Å². The highest BCUT2D eigenvalue weighted by Gasteiger charge is 2.22. The van der Waals surface area contributed by atoms with Crippen LogP contribution < -0.4 is 0 Å². The largest absolute Gasteiger partial charge is 0.481 e. The second-order valence-electron chi connectivity index (χ2n) is 7.82. The average molecular weight is 396 g/mol. The van der Waals surface area contributed by atoms with Gasteiger partial charge in [-0.3, -0.25) is 9.59 Å². The molecule has 0 aliphatic rings. The number of rotatable bonds is 19. The maximum absolute atomic E-state index is 12.1. The van der Waals surface area contributed by atoms with E-state index in [4.69, 9.17) is 0 Å². The van der Waals surface area contributed by atoms with Gasteiger partial charge in [0.05, 0.1) is 5.92 Å². The van der Waals surface area contributed by atoms with Crippen molar-refractivity contribution < 1.29 is 14.7 Å². The molecule has 1 unspecified atom stereocenters. The number of nitrogens with zero attached hydrogens (tertiary/aromatic N) is 1. The Balaban J connectivity index is 3.68. The second-order valence-corrected chi connectivity index (χ2v) is 7.82. The fourth-order valence-corrected chi connectivity index (χ4v) is 3.51. The summed E-state index contributed by atoms with van der Waals surface area (Å²) < 4.78 is 0. The van der Waals surface area contributed by atoms with Gasteiger partial charge in [-0.1, -0.05) is 70.4 Å². The van der Waals surface area contributed by atoms with Crippen molar-refractivity contribution in [2.45, 2.75) is 111 Å². The molecule has 0 aliphatic heterocycles. The molecule has 28 heavy (non-hydrogen) atoms. The monoisotopic (exact) mass is 395 g/mol. The summed E-state index contributed by atoms with van der Waals surface area (Å²) >= 11 is 0. The number of carboxylic acids is 1. The van der Waals surface area contributed by atoms with Gasteiger partial charge < -0.3 is 10.0 Å². The molecule has 0 spiro atoms. The Morgan fingerprint density at radius 1 is 0.786 bits per heavy atom. The van der Waals surface area contributed by atoms with E-state index in [0.717, 1.165) is 12.8 Å². The molecule has 0 aromatic carbocycles. The third kappa shape index (κ3) is 14.7. The molecule has 0 rings (SSSR count). The minimum Gasteiger partial charge on any atom is -0.481 e. The number of hydrogen-bond acceptors (Lipinski definition) is 2. The lowest BCUT2D eigenvalue weighted by Crippen LogP contribution is -2.33. The van der Waals surface area contributed by atoms with Crippen molar-refractivity contribution in [3.05, 3.63) is 12.2 Å². The van der Waals surface area contributed by atoms with Crippen LogP contribution in [-0.4, -0.2) is 35.0 Å². The SMILES string of the molecule is CCCCC/C=C/CCCCCCCCCC(CC(=O)N(CC)CC)C(=O)O. The van der Waals surface area contributed by atoms with Crippen molar-refractivity contribution in [3.8, 4) is 0 Å². The second kappa shape index (κ2) is 19.0. The zero-order valence-electron chi connectivity index (χ0n) is 18.8. The van der Waals surface area contributed by atoms with E-state index < -0.39 is 11.9 Å². The number of carbonyl (C=O) groups is 2. The van der Waals surface area contributed by atoms with Crippen LogP contribution in [0.15, 0.2) is 12.2 Å². The Bertz CT molecular complexity index is 416. The van der Waals surface area contributed by atoms with Gasteiger partial charge >= 0.3 is 5.97 Å². The van der Waals surface area contributed by atoms with Gasteiger partial charge in [0.25, 0.3) is 0 Å². The van der Waals surface area contributed by atoms with Gasteiger partial charge in [0.1, 0.15) is 0 Å². The summed E-state index contributed by atoms with van der Waals surface area (Å²) in [5.74, 6) is -1.39. The molecule has 4 heteroatoms. The van der Waals surface area contributed by atoms with Crippen molar-refractivity contribution in [2.24, 2.45) is 5.92 Å². The Kier molecular flexibility index (Phi) is 18.1. The fourth-order valence-electron chi connectivity index (χ4n) is 3.51. The molecule has 0 radical (unpaired) electrons. The molecule has 0 saturated heterocycles. The van der Waals surface area contributed by atoms with Crippen LogP contribution in [-0.2, 0) is 9.59 Å². The van der Waals surface area contributed by atoms with E-state index in [1.807, 2.05) is 13.8 Å². The predicted octanol–water partition coefficient (Wildman–Crippen LogP) is 6.59. The number of amides is 1. The van der Waals surface area contributed by atoms with Crippen molar-refractivity contribution in [3.63, 3.8) is 0 Å². The Labute approximate surface area is 173 Å². The van der Waals surface area contributed by atoms with Gasteiger partial charge in [-0.15, -0.1) is 0 Å². The van der Waals surface area contributed by atoms with Crippen molar-refractivity contribution in [1.82, 2.24) is 4.90 Å². The molecule has 164 valence electrons. The summed E-state index contributed by atoms with van der Waals surface area (Å²) in [6.07, 6.45) is 20.0. The summed E-state index contributed by atoms with van der Waals surface area (Å²) in [5.41, 5.74) is 0. The summed E-state index contributed by atoms with van der Waals surface area (Å²) in [6.45, 7) is 7.40. The zero-order chi connectivity index (χ0) is 21.0. The van der Waals surface area contributed by atoms with Crippen LogP contribution >= 0.6 is 0 Å². The van der Waals surface area contributed by atoms with E-state index in [2.05, 4.69) is 19.1 Å². The van der Waals surface area contributed by atoms with E-state index in [1.54, 1.807) is 4.90 Å². The third-order valence-corrected chi connectivity index (χ3v) is 5.45. The molecule has 0 saturated carbocycles. The summed E-state index contributed by atoms with van der Waals surface area (Å²) in [4.78, 5) is 25.3. The molecular weight excluding hydrogens is 350 g/mol. The van der Waals surface area contributed by atoms with Crippen molar-refractivity contribution >= 4 is 11.9 Å². The predicted molar refractivity (Wildman–Crippen MR) is 119 cm³/mol. The van der Waals surface area contributed by atoms with Crippen molar-refractivity contribution in [2.75, 3.05) is 13.1 Å². The molecule has 4 nitrogen and oxygen atoms in total. The molecule has 0 heterocycles. The molecule has 0 aliphatic carbocycles. The van der Waals surface area contributed by atoms with E-state index in [-0.39, 0.29) is 12.3 Å². The highest BCUT2D eigenvalue weighted by atomic mass is 16.4. The zero-order valence-corrected chi connectivity index (χ0v) is 18.8. The first-order chi connectivity index (χ1) is 13.6. The minimum atomic E-state index is -0.830. The van der Waals surface area contributed by atoms with Crippen LogP contribution in [0.5, 0.6) is 0 Å². The van der Waals surface area contributed by atoms with E-state index in [0.29, 0.717) is 19.5 Å². The standard InChI is InChI=1S/C24H45NO3/c1-4-7-8-9-10-11-12-13-14-15-16-17-18-19-20-22(24(27)28)21-23(26)25(5-2)6-3/h10-11,22H,4-9,12-21H2,1-3H3,(H,27,28)/b11-10+. The molecule has 0 aromatic heterocycles. The topological polar surface area (TPSA) is 57.6 Å². The maximum atomic E-state index is 12.1. The first-order valence-electron chi connectivity index (χ1n) is 11.7. The molecule has 1 atom stereocenters. The van der Waals surface area contributed by atoms with Crippen molar-refractivity contribution in [1.29, 1.82) is 0 Å². The quantitative estimate of drug-likeness (QED) is 0.198. The van der Waals surface area contributed by atoms with Crippen LogP contribution in [0.3, 0.4) is 0 Å². The number of aliphatic carboxylic acids is 1. The minimum absolute atomic E-state index is 0.0307. The van der Waals surface area contributed by atoms with Gasteiger partial charge in [0, 0.05) is 19.5 Å². The van der Waals surface area contributed by atoms with Crippen LogP contribution in [0.2, 0.25) is 0 Å². The van der Waals surface area contributed by atoms with Crippen LogP contribution in [0.1, 0.15) is 111 Å². The number of carboxylic acid groups (broad SMARTS) is 1. The highest BCUT2D eigenvalue weighted by Crippen LogP contribution is 2.17. The molecular formula is C24H45NO3. The molecule has 1 amide bonds. The molecule has 1 N–H and O–H groups in total. The number of carbonyl (C=O) groups excluding carboxylic acids is 1. The number of allylic oxidation sites excluding steroid dienone is 2. The van der Waals surface area contributed by atoms with E-state index >= 15 is 0 Å². The Hall–Kier alpha value is -1.32. The first kappa shape index (κ1) is 26.7.